The quantitative estimate of drug-likeness (QED) is 0.602. The SMILES string of the molecule is CCOC(=O)C1=C(O)/C(=C/c2ccccc2OCC)SC1=NC(=O)c1ccc(OC)cc1. The van der Waals surface area contributed by atoms with E-state index in [4.69, 9.17) is 14.2 Å². The molecule has 0 saturated carbocycles. The van der Waals surface area contributed by atoms with Crippen molar-refractivity contribution < 1.29 is 28.9 Å². The van der Waals surface area contributed by atoms with E-state index in [9.17, 15) is 14.7 Å². The predicted octanol–water partition coefficient (Wildman–Crippen LogP) is 4.80. The zero-order chi connectivity index (χ0) is 23.1. The monoisotopic (exact) mass is 453 g/mol. The first-order valence-corrected chi connectivity index (χ1v) is 10.8. The molecule has 32 heavy (non-hydrogen) atoms. The van der Waals surface area contributed by atoms with Crippen molar-refractivity contribution in [3.8, 4) is 11.5 Å². The lowest BCUT2D eigenvalue weighted by atomic mass is 10.1. The standard InChI is InChI=1S/C24H23NO6S/c1-4-30-18-9-7-6-8-16(18)14-19-21(26)20(24(28)31-5-2)23(32-19)25-22(27)15-10-12-17(29-3)13-11-15/h6-14,26H,4-5H2,1-3H3/b19-14-,25-23?. The molecular formula is C24H23NO6S. The molecule has 1 heterocycles. The summed E-state index contributed by atoms with van der Waals surface area (Å²) < 4.78 is 15.8. The first kappa shape index (κ1) is 23.1. The number of amides is 1. The van der Waals surface area contributed by atoms with E-state index < -0.39 is 11.9 Å². The molecule has 1 amide bonds. The normalized spacial score (nSPS) is 15.8. The van der Waals surface area contributed by atoms with Crippen molar-refractivity contribution in [2.45, 2.75) is 13.8 Å². The summed E-state index contributed by atoms with van der Waals surface area (Å²) in [4.78, 5) is 29.7. The van der Waals surface area contributed by atoms with Crippen LogP contribution in [0.2, 0.25) is 0 Å². The number of methoxy groups -OCH3 is 1. The number of benzene rings is 2. The molecule has 2 aromatic carbocycles. The predicted molar refractivity (Wildman–Crippen MR) is 124 cm³/mol. The Balaban J connectivity index is 2.00. The Morgan fingerprint density at radius 3 is 2.44 bits per heavy atom. The van der Waals surface area contributed by atoms with Crippen LogP contribution >= 0.6 is 11.8 Å². The number of para-hydroxylation sites is 1. The van der Waals surface area contributed by atoms with E-state index in [2.05, 4.69) is 4.99 Å². The van der Waals surface area contributed by atoms with Gasteiger partial charge in [-0.15, -0.1) is 0 Å². The highest BCUT2D eigenvalue weighted by Gasteiger charge is 2.34. The van der Waals surface area contributed by atoms with Gasteiger partial charge in [-0.3, -0.25) is 4.79 Å². The van der Waals surface area contributed by atoms with Crippen molar-refractivity contribution in [3.63, 3.8) is 0 Å². The fraction of sp³-hybridized carbons (Fsp3) is 0.208. The van der Waals surface area contributed by atoms with Gasteiger partial charge in [-0.05, 0) is 50.3 Å². The number of esters is 1. The molecule has 0 atom stereocenters. The van der Waals surface area contributed by atoms with Crippen molar-refractivity contribution >= 4 is 34.8 Å². The maximum atomic E-state index is 12.7. The molecule has 8 heteroatoms. The van der Waals surface area contributed by atoms with Crippen molar-refractivity contribution in [1.82, 2.24) is 0 Å². The summed E-state index contributed by atoms with van der Waals surface area (Å²) in [7, 11) is 1.53. The van der Waals surface area contributed by atoms with Crippen LogP contribution in [0.25, 0.3) is 6.08 Å². The third-order valence-corrected chi connectivity index (χ3v) is 5.44. The fourth-order valence-corrected chi connectivity index (χ4v) is 3.91. The summed E-state index contributed by atoms with van der Waals surface area (Å²) in [5.41, 5.74) is 0.897. The molecule has 0 aliphatic carbocycles. The van der Waals surface area contributed by atoms with Gasteiger partial charge in [-0.1, -0.05) is 30.0 Å². The van der Waals surface area contributed by atoms with Crippen LogP contribution in [0.4, 0.5) is 0 Å². The Morgan fingerprint density at radius 2 is 1.78 bits per heavy atom. The van der Waals surface area contributed by atoms with Gasteiger partial charge in [0.1, 0.15) is 27.9 Å². The van der Waals surface area contributed by atoms with Gasteiger partial charge < -0.3 is 19.3 Å². The van der Waals surface area contributed by atoms with Gasteiger partial charge in [0.05, 0.1) is 25.2 Å². The molecule has 0 fully saturated rings. The minimum Gasteiger partial charge on any atom is -0.506 e. The number of hydrogen-bond donors (Lipinski definition) is 1. The molecule has 1 aliphatic rings. The zero-order valence-corrected chi connectivity index (χ0v) is 18.8. The number of thioether (sulfide) groups is 1. The molecule has 0 radical (unpaired) electrons. The second kappa shape index (κ2) is 10.7. The summed E-state index contributed by atoms with van der Waals surface area (Å²) in [5, 5.41) is 10.9. The fourth-order valence-electron chi connectivity index (χ4n) is 2.91. The van der Waals surface area contributed by atoms with Crippen LogP contribution in [0.1, 0.15) is 29.8 Å². The highest BCUT2D eigenvalue weighted by molar-refractivity contribution is 8.18. The van der Waals surface area contributed by atoms with Crippen molar-refractivity contribution in [2.75, 3.05) is 20.3 Å². The summed E-state index contributed by atoms with van der Waals surface area (Å²) >= 11 is 1.02. The maximum absolute atomic E-state index is 12.7. The molecule has 7 nitrogen and oxygen atoms in total. The van der Waals surface area contributed by atoms with E-state index in [0.29, 0.717) is 34.1 Å². The van der Waals surface area contributed by atoms with E-state index in [1.54, 1.807) is 37.3 Å². The third-order valence-electron chi connectivity index (χ3n) is 4.42. The van der Waals surface area contributed by atoms with E-state index in [1.807, 2.05) is 31.2 Å². The molecule has 0 saturated heterocycles. The largest absolute Gasteiger partial charge is 0.506 e. The molecule has 1 N–H and O–H groups in total. The second-order valence-corrected chi connectivity index (χ2v) is 7.51. The first-order chi connectivity index (χ1) is 15.5. The van der Waals surface area contributed by atoms with Crippen LogP contribution < -0.4 is 9.47 Å². The number of aliphatic hydroxyl groups is 1. The van der Waals surface area contributed by atoms with Gasteiger partial charge in [-0.2, -0.15) is 0 Å². The molecule has 1 aliphatic heterocycles. The van der Waals surface area contributed by atoms with Crippen molar-refractivity contribution in [1.29, 1.82) is 0 Å². The number of carbonyl (C=O) groups is 2. The number of rotatable bonds is 7. The number of hydrogen-bond acceptors (Lipinski definition) is 7. The van der Waals surface area contributed by atoms with Gasteiger partial charge in [0.2, 0.25) is 0 Å². The van der Waals surface area contributed by atoms with Crippen molar-refractivity contribution in [3.05, 3.63) is 75.9 Å². The Labute approximate surface area is 190 Å². The number of aliphatic hydroxyl groups excluding tert-OH is 1. The molecular weight excluding hydrogens is 430 g/mol. The lowest BCUT2D eigenvalue weighted by Gasteiger charge is -2.07. The van der Waals surface area contributed by atoms with Gasteiger partial charge >= 0.3 is 5.97 Å². The lowest BCUT2D eigenvalue weighted by Crippen LogP contribution is -2.14. The van der Waals surface area contributed by atoms with E-state index in [-0.39, 0.29) is 23.0 Å². The summed E-state index contributed by atoms with van der Waals surface area (Å²) in [6.07, 6.45) is 1.69. The molecule has 166 valence electrons. The number of ether oxygens (including phenoxy) is 3. The smallest absolute Gasteiger partial charge is 0.344 e. The number of aliphatic imine (C=N–C) groups is 1. The molecule has 0 bridgehead atoms. The minimum atomic E-state index is -0.750. The third kappa shape index (κ3) is 5.20. The zero-order valence-electron chi connectivity index (χ0n) is 18.0. The Kier molecular flexibility index (Phi) is 7.72. The van der Waals surface area contributed by atoms with Crippen LogP contribution in [0, 0.1) is 0 Å². The van der Waals surface area contributed by atoms with Gasteiger partial charge in [0.15, 0.2) is 0 Å². The van der Waals surface area contributed by atoms with E-state index >= 15 is 0 Å². The number of nitrogens with zero attached hydrogens (tertiary/aromatic N) is 1. The maximum Gasteiger partial charge on any atom is 0.344 e. The Hall–Kier alpha value is -3.52. The minimum absolute atomic E-state index is 0.0712. The van der Waals surface area contributed by atoms with Crippen LogP contribution in [-0.4, -0.2) is 42.4 Å². The molecule has 0 aromatic heterocycles. The summed E-state index contributed by atoms with van der Waals surface area (Å²) in [6.45, 7) is 4.13. The molecule has 0 unspecified atom stereocenters. The van der Waals surface area contributed by atoms with Crippen LogP contribution in [-0.2, 0) is 9.53 Å². The van der Waals surface area contributed by atoms with Crippen LogP contribution in [0.5, 0.6) is 11.5 Å². The van der Waals surface area contributed by atoms with Crippen LogP contribution in [0.15, 0.2) is 69.8 Å². The van der Waals surface area contributed by atoms with Gasteiger partial charge in [0, 0.05) is 11.1 Å². The Morgan fingerprint density at radius 1 is 1.06 bits per heavy atom. The molecule has 0 spiro atoms. The van der Waals surface area contributed by atoms with E-state index in [1.165, 1.54) is 7.11 Å². The van der Waals surface area contributed by atoms with E-state index in [0.717, 1.165) is 11.8 Å². The second-order valence-electron chi connectivity index (χ2n) is 6.48. The average molecular weight is 454 g/mol. The lowest BCUT2D eigenvalue weighted by molar-refractivity contribution is -0.138. The average Bonchev–Trinajstić information content (AvgIpc) is 3.10. The highest BCUT2D eigenvalue weighted by atomic mass is 32.2. The van der Waals surface area contributed by atoms with Crippen LogP contribution in [0.3, 0.4) is 0 Å². The highest BCUT2D eigenvalue weighted by Crippen LogP contribution is 2.40. The van der Waals surface area contributed by atoms with Gasteiger partial charge in [0.25, 0.3) is 5.91 Å². The van der Waals surface area contributed by atoms with Gasteiger partial charge in [-0.25, -0.2) is 9.79 Å². The summed E-state index contributed by atoms with van der Waals surface area (Å²) in [6, 6.07) is 13.8. The Bertz CT molecular complexity index is 1100. The van der Waals surface area contributed by atoms with Crippen molar-refractivity contribution in [2.24, 2.45) is 4.99 Å². The number of carbonyl (C=O) groups excluding carboxylic acids is 2. The molecule has 2 aromatic rings. The molecule has 3 rings (SSSR count). The topological polar surface area (TPSA) is 94.4 Å². The first-order valence-electron chi connectivity index (χ1n) is 9.98. The summed E-state index contributed by atoms with van der Waals surface area (Å²) in [5.74, 6) is -0.359.